The van der Waals surface area contributed by atoms with Crippen LogP contribution in [0.4, 0.5) is 35.1 Å². The molecule has 1 heterocycles. The maximum absolute atomic E-state index is 14.0. The van der Waals surface area contributed by atoms with Crippen molar-refractivity contribution in [3.05, 3.63) is 11.8 Å². The largest absolute Gasteiger partial charge is 0.547 e. The van der Waals surface area contributed by atoms with Gasteiger partial charge in [-0.05, 0) is 19.6 Å². The summed E-state index contributed by atoms with van der Waals surface area (Å²) in [5.41, 5.74) is 0. The Morgan fingerprint density at radius 3 is 2.04 bits per heavy atom. The summed E-state index contributed by atoms with van der Waals surface area (Å²) in [6.45, 7) is 4.99. The van der Waals surface area contributed by atoms with Crippen LogP contribution in [0.15, 0.2) is 11.8 Å². The summed E-state index contributed by atoms with van der Waals surface area (Å²) in [4.78, 5) is 0. The summed E-state index contributed by atoms with van der Waals surface area (Å²) >= 11 is 0. The average molecular weight is 402 g/mol. The van der Waals surface area contributed by atoms with Crippen LogP contribution in [0.5, 0.6) is 0 Å². The van der Waals surface area contributed by atoms with Crippen molar-refractivity contribution in [3.63, 3.8) is 0 Å². The highest BCUT2D eigenvalue weighted by molar-refractivity contribution is 6.70. The number of hydrogen-bond donors (Lipinski definition) is 0. The molecular weight excluding hydrogens is 384 g/mol. The van der Waals surface area contributed by atoms with Crippen LogP contribution in [0, 0.1) is 0 Å². The van der Waals surface area contributed by atoms with Gasteiger partial charge in [0.05, 0.1) is 5.76 Å². The van der Waals surface area contributed by atoms with Crippen molar-refractivity contribution >= 4 is 8.32 Å². The van der Waals surface area contributed by atoms with Gasteiger partial charge in [-0.25, -0.2) is 8.78 Å². The quantitative estimate of drug-likeness (QED) is 0.458. The van der Waals surface area contributed by atoms with Gasteiger partial charge in [0.25, 0.3) is 0 Å². The predicted octanol–water partition coefficient (Wildman–Crippen LogP) is 4.65. The van der Waals surface area contributed by atoms with Crippen molar-refractivity contribution in [1.82, 2.24) is 0 Å². The second kappa shape index (κ2) is 7.03. The highest BCUT2D eigenvalue weighted by Gasteiger charge is 2.78. The van der Waals surface area contributed by atoms with Crippen LogP contribution >= 0.6 is 0 Å². The topological polar surface area (TPSA) is 27.7 Å². The van der Waals surface area contributed by atoms with Gasteiger partial charge in [-0.3, -0.25) is 0 Å². The first-order chi connectivity index (χ1) is 11.1. The third kappa shape index (κ3) is 4.45. The molecule has 2 atom stereocenters. The predicted molar refractivity (Wildman–Crippen MR) is 73.6 cm³/mol. The van der Waals surface area contributed by atoms with Gasteiger partial charge in [0.2, 0.25) is 8.32 Å². The van der Waals surface area contributed by atoms with Gasteiger partial charge < -0.3 is 13.9 Å². The summed E-state index contributed by atoms with van der Waals surface area (Å²) in [5.74, 6) is -18.4. The molecule has 0 N–H and O–H groups in total. The molecule has 0 radical (unpaired) electrons. The lowest BCUT2D eigenvalue weighted by Crippen LogP contribution is -2.63. The van der Waals surface area contributed by atoms with Crippen LogP contribution in [-0.4, -0.2) is 52.0 Å². The first kappa shape index (κ1) is 22.2. The fraction of sp³-hybridized carbons (Fsp3) is 0.846. The van der Waals surface area contributed by atoms with Gasteiger partial charge in [-0.15, -0.1) is 0 Å². The lowest BCUT2D eigenvalue weighted by atomic mass is 9.95. The molecule has 0 saturated heterocycles. The Bertz CT molecular complexity index is 504. The minimum atomic E-state index is -6.35. The highest BCUT2D eigenvalue weighted by Crippen LogP contribution is 2.52. The number of rotatable bonds is 7. The number of methoxy groups -OCH3 is 1. The minimum Gasteiger partial charge on any atom is -0.547 e. The summed E-state index contributed by atoms with van der Waals surface area (Å²) in [6, 6.07) is 0. The molecule has 1 aliphatic heterocycles. The molecule has 0 aromatic rings. The van der Waals surface area contributed by atoms with Gasteiger partial charge in [-0.2, -0.15) is 26.3 Å². The monoisotopic (exact) mass is 402 g/mol. The van der Waals surface area contributed by atoms with Gasteiger partial charge in [0.15, 0.2) is 6.29 Å². The van der Waals surface area contributed by atoms with E-state index in [0.29, 0.717) is 0 Å². The van der Waals surface area contributed by atoms with Crippen molar-refractivity contribution in [1.29, 1.82) is 0 Å². The molecule has 0 amide bonds. The third-order valence-corrected chi connectivity index (χ3v) is 4.07. The smallest absolute Gasteiger partial charge is 0.380 e. The van der Waals surface area contributed by atoms with Crippen LogP contribution < -0.4 is 0 Å². The van der Waals surface area contributed by atoms with Gasteiger partial charge >= 0.3 is 24.2 Å². The van der Waals surface area contributed by atoms with Crippen LogP contribution in [0.1, 0.15) is 6.42 Å². The maximum Gasteiger partial charge on any atom is 0.380 e. The van der Waals surface area contributed by atoms with E-state index in [0.717, 1.165) is 13.2 Å². The minimum absolute atomic E-state index is 0.210. The van der Waals surface area contributed by atoms with E-state index in [4.69, 9.17) is 4.43 Å². The van der Waals surface area contributed by atoms with E-state index in [1.807, 2.05) is 0 Å². The van der Waals surface area contributed by atoms with E-state index in [-0.39, 0.29) is 5.76 Å². The Hall–Kier alpha value is -0.883. The van der Waals surface area contributed by atoms with Crippen molar-refractivity contribution < 1.29 is 49.0 Å². The summed E-state index contributed by atoms with van der Waals surface area (Å²) < 4.78 is 120. The molecule has 0 aromatic carbocycles. The standard InChI is InChI=1S/C13H18F8O3Si/c1-22-9-6-7(24-25(2,3)4)5-8(23-9)11(16,17)13(20,21)12(18,19)10(14)15/h6,8-10H,5H2,1-4H3. The first-order valence-electron chi connectivity index (χ1n) is 7.06. The van der Waals surface area contributed by atoms with Gasteiger partial charge in [0, 0.05) is 19.6 Å². The molecule has 0 saturated carbocycles. The molecule has 0 aromatic heterocycles. The summed E-state index contributed by atoms with van der Waals surface area (Å²) in [6.07, 6.45) is -9.30. The van der Waals surface area contributed by atoms with Gasteiger partial charge in [0.1, 0.15) is 6.10 Å². The van der Waals surface area contributed by atoms with E-state index < -0.39 is 51.3 Å². The molecule has 2 unspecified atom stereocenters. The molecule has 1 rings (SSSR count). The molecular formula is C13H18F8O3Si. The molecule has 0 bridgehead atoms. The van der Waals surface area contributed by atoms with E-state index in [1.54, 1.807) is 19.6 Å². The van der Waals surface area contributed by atoms with E-state index >= 15 is 0 Å². The molecule has 12 heteroatoms. The molecule has 3 nitrogen and oxygen atoms in total. The van der Waals surface area contributed by atoms with Gasteiger partial charge in [-0.1, -0.05) is 0 Å². The van der Waals surface area contributed by atoms with Crippen molar-refractivity contribution in [2.75, 3.05) is 7.11 Å². The Morgan fingerprint density at radius 1 is 1.12 bits per heavy atom. The molecule has 1 aliphatic rings. The zero-order valence-corrected chi connectivity index (χ0v) is 14.8. The lowest BCUT2D eigenvalue weighted by molar-refractivity contribution is -0.367. The van der Waals surface area contributed by atoms with Crippen molar-refractivity contribution in [3.8, 4) is 0 Å². The van der Waals surface area contributed by atoms with Crippen LogP contribution in [-0.2, 0) is 13.9 Å². The SMILES string of the molecule is COC1C=C(O[Si](C)(C)C)CC(C(F)(F)C(F)(F)C(F)(F)C(F)F)O1. The number of alkyl halides is 8. The molecule has 25 heavy (non-hydrogen) atoms. The van der Waals surface area contributed by atoms with Crippen LogP contribution in [0.3, 0.4) is 0 Å². The average Bonchev–Trinajstić information content (AvgIpc) is 2.44. The Balaban J connectivity index is 3.18. The number of hydrogen-bond acceptors (Lipinski definition) is 3. The van der Waals surface area contributed by atoms with Crippen molar-refractivity contribution in [2.24, 2.45) is 0 Å². The molecule has 0 aliphatic carbocycles. The fourth-order valence-corrected chi connectivity index (χ4v) is 2.96. The van der Waals surface area contributed by atoms with E-state index in [9.17, 15) is 35.1 Å². The number of halogens is 8. The van der Waals surface area contributed by atoms with E-state index in [2.05, 4.69) is 9.47 Å². The summed E-state index contributed by atoms with van der Waals surface area (Å²) in [7, 11) is -1.36. The maximum atomic E-state index is 14.0. The zero-order valence-electron chi connectivity index (χ0n) is 13.8. The normalized spacial score (nSPS) is 23.6. The molecule has 148 valence electrons. The summed E-state index contributed by atoms with van der Waals surface area (Å²) in [5, 5.41) is 0. The van der Waals surface area contributed by atoms with Crippen LogP contribution in [0.25, 0.3) is 0 Å². The second-order valence-electron chi connectivity index (χ2n) is 6.40. The second-order valence-corrected chi connectivity index (χ2v) is 10.8. The van der Waals surface area contributed by atoms with Crippen LogP contribution in [0.2, 0.25) is 19.6 Å². The molecule has 0 spiro atoms. The number of ether oxygens (including phenoxy) is 2. The Morgan fingerprint density at radius 2 is 1.64 bits per heavy atom. The third-order valence-electron chi connectivity index (χ3n) is 3.19. The zero-order chi connectivity index (χ0) is 19.8. The molecule has 0 fully saturated rings. The highest BCUT2D eigenvalue weighted by atomic mass is 28.4. The Labute approximate surface area is 140 Å². The van der Waals surface area contributed by atoms with Crippen molar-refractivity contribution in [2.45, 2.75) is 62.6 Å². The first-order valence-corrected chi connectivity index (χ1v) is 10.5. The fourth-order valence-electron chi connectivity index (χ4n) is 2.02. The Kier molecular flexibility index (Phi) is 6.23. The van der Waals surface area contributed by atoms with E-state index in [1.165, 1.54) is 0 Å². The lowest BCUT2D eigenvalue weighted by Gasteiger charge is -2.40.